The van der Waals surface area contributed by atoms with Crippen molar-refractivity contribution in [3.63, 3.8) is 0 Å². The third-order valence-corrected chi connectivity index (χ3v) is 6.04. The molecule has 3 aromatic carbocycles. The monoisotopic (exact) mass is 511 g/mol. The summed E-state index contributed by atoms with van der Waals surface area (Å²) in [5.74, 6) is -2.57. The van der Waals surface area contributed by atoms with Gasteiger partial charge in [0.05, 0.1) is 23.2 Å². The number of hydrogen-bond acceptors (Lipinski definition) is 5. The Morgan fingerprint density at radius 3 is 2.39 bits per heavy atom. The molecule has 2 N–H and O–H groups in total. The maximum atomic E-state index is 13.4. The molecular weight excluding hydrogens is 493 g/mol. The van der Waals surface area contributed by atoms with Crippen molar-refractivity contribution in [1.82, 2.24) is 4.90 Å². The number of aromatic hydroxyl groups is 1. The van der Waals surface area contributed by atoms with Gasteiger partial charge in [0.1, 0.15) is 11.6 Å². The van der Waals surface area contributed by atoms with E-state index in [1.165, 1.54) is 30.2 Å². The number of amides is 1. The van der Waals surface area contributed by atoms with Gasteiger partial charge in [-0.2, -0.15) is 0 Å². The van der Waals surface area contributed by atoms with Gasteiger partial charge in [-0.3, -0.25) is 9.59 Å². The van der Waals surface area contributed by atoms with E-state index < -0.39 is 29.3 Å². The second kappa shape index (κ2) is 9.07. The van der Waals surface area contributed by atoms with Crippen molar-refractivity contribution in [3.05, 3.63) is 99.3 Å². The summed E-state index contributed by atoms with van der Waals surface area (Å²) >= 11 is 3.27. The number of phenolic OH excluding ortho intramolecular Hbond substituents is 1. The van der Waals surface area contributed by atoms with Gasteiger partial charge >= 0.3 is 0 Å². The fourth-order valence-corrected chi connectivity index (χ4v) is 4.30. The van der Waals surface area contributed by atoms with E-state index >= 15 is 0 Å². The Kier molecular flexibility index (Phi) is 6.20. The highest BCUT2D eigenvalue weighted by atomic mass is 79.9. The molecule has 33 heavy (non-hydrogen) atoms. The highest BCUT2D eigenvalue weighted by Crippen LogP contribution is 2.44. The maximum Gasteiger partial charge on any atom is 0.295 e. The second-order valence-corrected chi connectivity index (χ2v) is 8.33. The maximum absolute atomic E-state index is 13.4. The van der Waals surface area contributed by atoms with E-state index in [-0.39, 0.29) is 29.2 Å². The minimum Gasteiger partial charge on any atom is -0.507 e. The Morgan fingerprint density at radius 1 is 1.09 bits per heavy atom. The first-order valence-electron chi connectivity index (χ1n) is 9.96. The Bertz CT molecular complexity index is 1260. The third-order valence-electron chi connectivity index (χ3n) is 5.44. The summed E-state index contributed by atoms with van der Waals surface area (Å²) in [6.45, 7) is 0.108. The molecule has 0 aliphatic carbocycles. The number of carbonyl (C=O) groups is 2. The number of benzene rings is 3. The number of nitrogens with zero attached hydrogens (tertiary/aromatic N) is 1. The average Bonchev–Trinajstić information content (AvgIpc) is 3.06. The SMILES string of the molecule is COc1cc(C2/C(=C(\O)c3ccc(F)cc3)C(=O)C(=O)N2Cc2ccccc2)cc(Br)c1O. The molecule has 1 unspecified atom stereocenters. The Hall–Kier alpha value is -3.65. The average molecular weight is 512 g/mol. The number of carbonyl (C=O) groups excluding carboxylic acids is 2. The van der Waals surface area contributed by atoms with E-state index in [0.717, 1.165) is 17.7 Å². The van der Waals surface area contributed by atoms with Crippen molar-refractivity contribution in [2.45, 2.75) is 12.6 Å². The molecule has 1 saturated heterocycles. The summed E-state index contributed by atoms with van der Waals surface area (Å²) in [7, 11) is 1.38. The molecule has 1 atom stereocenters. The highest BCUT2D eigenvalue weighted by Gasteiger charge is 2.46. The standard InChI is InChI=1S/C25H19BrFNO5/c1-33-19-12-16(11-18(26)23(19)30)21-20(22(29)15-7-9-17(27)10-8-15)24(31)25(32)28(21)13-14-5-3-2-4-6-14/h2-12,21,29-30H,13H2,1H3/b22-20+. The van der Waals surface area contributed by atoms with Crippen LogP contribution >= 0.6 is 15.9 Å². The second-order valence-electron chi connectivity index (χ2n) is 7.47. The molecule has 0 saturated carbocycles. The molecule has 168 valence electrons. The van der Waals surface area contributed by atoms with Gasteiger partial charge in [0, 0.05) is 12.1 Å². The summed E-state index contributed by atoms with van der Waals surface area (Å²) in [5, 5.41) is 21.3. The molecule has 0 radical (unpaired) electrons. The van der Waals surface area contributed by atoms with Crippen LogP contribution in [0.2, 0.25) is 0 Å². The van der Waals surface area contributed by atoms with Crippen molar-refractivity contribution in [2.75, 3.05) is 7.11 Å². The molecule has 8 heteroatoms. The highest BCUT2D eigenvalue weighted by molar-refractivity contribution is 9.10. The number of ether oxygens (including phenoxy) is 1. The number of rotatable bonds is 5. The predicted molar refractivity (Wildman–Crippen MR) is 123 cm³/mol. The number of phenols is 1. The van der Waals surface area contributed by atoms with Crippen LogP contribution in [-0.4, -0.2) is 33.9 Å². The van der Waals surface area contributed by atoms with Gasteiger partial charge in [0.2, 0.25) is 0 Å². The Morgan fingerprint density at radius 2 is 1.76 bits per heavy atom. The van der Waals surface area contributed by atoms with Gasteiger partial charge in [-0.15, -0.1) is 0 Å². The minimum atomic E-state index is -0.971. The van der Waals surface area contributed by atoms with Crippen LogP contribution < -0.4 is 4.74 Å². The van der Waals surface area contributed by atoms with Crippen LogP contribution in [0.5, 0.6) is 11.5 Å². The molecule has 1 aliphatic rings. The zero-order valence-electron chi connectivity index (χ0n) is 17.5. The first-order chi connectivity index (χ1) is 15.8. The molecule has 1 heterocycles. The number of ketones is 1. The number of hydrogen-bond donors (Lipinski definition) is 2. The fourth-order valence-electron chi connectivity index (χ4n) is 3.84. The predicted octanol–water partition coefficient (Wildman–Crippen LogP) is 4.92. The zero-order valence-corrected chi connectivity index (χ0v) is 19.0. The lowest BCUT2D eigenvalue weighted by molar-refractivity contribution is -0.140. The number of Topliss-reactive ketones (excluding diaryl/α,β-unsaturated/α-hetero) is 1. The van der Waals surface area contributed by atoms with Crippen molar-refractivity contribution in [3.8, 4) is 11.5 Å². The van der Waals surface area contributed by atoms with E-state index in [4.69, 9.17) is 4.74 Å². The van der Waals surface area contributed by atoms with Crippen LogP contribution in [0.25, 0.3) is 5.76 Å². The van der Waals surface area contributed by atoms with Crippen LogP contribution in [-0.2, 0) is 16.1 Å². The number of halogens is 2. The van der Waals surface area contributed by atoms with Crippen LogP contribution in [0.1, 0.15) is 22.7 Å². The molecule has 1 aliphatic heterocycles. The van der Waals surface area contributed by atoms with Crippen molar-refractivity contribution in [1.29, 1.82) is 0 Å². The summed E-state index contributed by atoms with van der Waals surface area (Å²) in [5.41, 5.74) is 1.29. The Labute approximate surface area is 197 Å². The lowest BCUT2D eigenvalue weighted by Gasteiger charge is -2.26. The summed E-state index contributed by atoms with van der Waals surface area (Å²) in [4.78, 5) is 27.5. The minimum absolute atomic E-state index is 0.108. The van der Waals surface area contributed by atoms with Crippen molar-refractivity contribution in [2.24, 2.45) is 0 Å². The zero-order chi connectivity index (χ0) is 23.7. The van der Waals surface area contributed by atoms with Gasteiger partial charge in [0.25, 0.3) is 11.7 Å². The molecule has 3 aromatic rings. The number of methoxy groups -OCH3 is 1. The fraction of sp³-hybridized carbons (Fsp3) is 0.120. The van der Waals surface area contributed by atoms with E-state index in [1.807, 2.05) is 30.3 Å². The van der Waals surface area contributed by atoms with E-state index in [1.54, 1.807) is 6.07 Å². The molecule has 1 fully saturated rings. The van der Waals surface area contributed by atoms with Crippen LogP contribution in [0.3, 0.4) is 0 Å². The number of aliphatic hydroxyl groups excluding tert-OH is 1. The largest absolute Gasteiger partial charge is 0.507 e. The van der Waals surface area contributed by atoms with E-state index in [2.05, 4.69) is 15.9 Å². The Balaban J connectivity index is 1.92. The van der Waals surface area contributed by atoms with Crippen LogP contribution in [0, 0.1) is 5.82 Å². The molecule has 4 rings (SSSR count). The molecular formula is C25H19BrFNO5. The van der Waals surface area contributed by atoms with Crippen molar-refractivity contribution >= 4 is 33.4 Å². The summed E-state index contributed by atoms with van der Waals surface area (Å²) < 4.78 is 18.9. The lowest BCUT2D eigenvalue weighted by Crippen LogP contribution is -2.29. The van der Waals surface area contributed by atoms with Crippen molar-refractivity contribution < 1.29 is 28.9 Å². The van der Waals surface area contributed by atoms with Crippen LogP contribution in [0.4, 0.5) is 4.39 Å². The molecule has 1 amide bonds. The molecule has 6 nitrogen and oxygen atoms in total. The van der Waals surface area contributed by atoms with Gasteiger partial charge in [0.15, 0.2) is 11.5 Å². The van der Waals surface area contributed by atoms with E-state index in [9.17, 15) is 24.2 Å². The van der Waals surface area contributed by atoms with Gasteiger partial charge in [-0.1, -0.05) is 30.3 Å². The smallest absolute Gasteiger partial charge is 0.295 e. The quantitative estimate of drug-likeness (QED) is 0.288. The lowest BCUT2D eigenvalue weighted by atomic mass is 9.94. The molecule has 0 bridgehead atoms. The van der Waals surface area contributed by atoms with Gasteiger partial charge in [-0.05, 0) is 63.5 Å². The normalized spacial score (nSPS) is 17.4. The number of likely N-dealkylation sites (tertiary alicyclic amines) is 1. The first kappa shape index (κ1) is 22.5. The number of aliphatic hydroxyl groups is 1. The summed E-state index contributed by atoms with van der Waals surface area (Å²) in [6.07, 6.45) is 0. The van der Waals surface area contributed by atoms with E-state index in [0.29, 0.717) is 10.0 Å². The molecule has 0 aromatic heterocycles. The third kappa shape index (κ3) is 4.21. The molecule has 0 spiro atoms. The first-order valence-corrected chi connectivity index (χ1v) is 10.8. The van der Waals surface area contributed by atoms with Crippen LogP contribution in [0.15, 0.2) is 76.8 Å². The van der Waals surface area contributed by atoms with Gasteiger partial charge < -0.3 is 19.8 Å². The summed E-state index contributed by atoms with van der Waals surface area (Å²) in [6, 6.07) is 16.2. The van der Waals surface area contributed by atoms with Gasteiger partial charge in [-0.25, -0.2) is 4.39 Å². The topological polar surface area (TPSA) is 87.1 Å².